The lowest BCUT2D eigenvalue weighted by atomic mass is 10.2. The highest BCUT2D eigenvalue weighted by molar-refractivity contribution is 7.92. The molecular formula is C10H9ClO3S. The molecule has 1 saturated carbocycles. The normalized spacial score (nSPS) is 16.3. The summed E-state index contributed by atoms with van der Waals surface area (Å²) in [7, 11) is -3.27. The topological polar surface area (TPSA) is 51.2 Å². The fraction of sp³-hybridized carbons (Fsp3) is 0.300. The maximum Gasteiger partial charge on any atom is 0.182 e. The van der Waals surface area contributed by atoms with Crippen molar-refractivity contribution < 1.29 is 13.2 Å². The van der Waals surface area contributed by atoms with Crippen LogP contribution in [0.25, 0.3) is 0 Å². The number of aldehydes is 1. The molecular weight excluding hydrogens is 236 g/mol. The van der Waals surface area contributed by atoms with Crippen LogP contribution in [-0.4, -0.2) is 20.0 Å². The van der Waals surface area contributed by atoms with Gasteiger partial charge in [-0.25, -0.2) is 8.42 Å². The Bertz CT molecular complexity index is 503. The predicted molar refractivity (Wildman–Crippen MR) is 57.0 cm³/mol. The molecule has 1 fully saturated rings. The fourth-order valence-corrected chi connectivity index (χ4v) is 3.59. The van der Waals surface area contributed by atoms with Gasteiger partial charge in [0.2, 0.25) is 0 Å². The van der Waals surface area contributed by atoms with Crippen LogP contribution in [-0.2, 0) is 9.84 Å². The van der Waals surface area contributed by atoms with Gasteiger partial charge < -0.3 is 0 Å². The van der Waals surface area contributed by atoms with Gasteiger partial charge in [-0.3, -0.25) is 4.79 Å². The highest BCUT2D eigenvalue weighted by Gasteiger charge is 2.37. The Morgan fingerprint density at radius 3 is 2.47 bits per heavy atom. The zero-order valence-electron chi connectivity index (χ0n) is 7.81. The highest BCUT2D eigenvalue weighted by Crippen LogP contribution is 2.36. The molecule has 1 aliphatic rings. The molecule has 0 aliphatic heterocycles. The Balaban J connectivity index is 2.49. The number of halogens is 1. The molecule has 0 saturated heterocycles. The van der Waals surface area contributed by atoms with E-state index in [2.05, 4.69) is 0 Å². The average Bonchev–Trinajstić information content (AvgIpc) is 3.00. The molecule has 0 bridgehead atoms. The zero-order chi connectivity index (χ0) is 11.1. The first kappa shape index (κ1) is 10.6. The molecule has 0 radical (unpaired) electrons. The van der Waals surface area contributed by atoms with Crippen LogP contribution in [0.15, 0.2) is 23.1 Å². The summed E-state index contributed by atoms with van der Waals surface area (Å²) in [6.07, 6.45) is 2.04. The number of benzene rings is 1. The van der Waals surface area contributed by atoms with Crippen LogP contribution in [0.5, 0.6) is 0 Å². The van der Waals surface area contributed by atoms with Crippen LogP contribution in [0.1, 0.15) is 23.2 Å². The lowest BCUT2D eigenvalue weighted by Crippen LogP contribution is -2.07. The molecule has 80 valence electrons. The van der Waals surface area contributed by atoms with E-state index >= 15 is 0 Å². The van der Waals surface area contributed by atoms with E-state index in [1.807, 2.05) is 0 Å². The summed E-state index contributed by atoms with van der Waals surface area (Å²) >= 11 is 5.83. The van der Waals surface area contributed by atoms with Gasteiger partial charge in [0.25, 0.3) is 0 Å². The van der Waals surface area contributed by atoms with Crippen molar-refractivity contribution in [2.24, 2.45) is 0 Å². The van der Waals surface area contributed by atoms with E-state index in [-0.39, 0.29) is 15.2 Å². The molecule has 1 aromatic carbocycles. The first-order chi connectivity index (χ1) is 7.05. The van der Waals surface area contributed by atoms with Crippen LogP contribution < -0.4 is 0 Å². The second kappa shape index (κ2) is 3.61. The third-order valence-corrected chi connectivity index (χ3v) is 5.10. The van der Waals surface area contributed by atoms with Gasteiger partial charge in [0, 0.05) is 5.56 Å². The van der Waals surface area contributed by atoms with Gasteiger partial charge in [0.15, 0.2) is 9.84 Å². The molecule has 0 atom stereocenters. The molecule has 0 heterocycles. The van der Waals surface area contributed by atoms with Crippen LogP contribution in [0.4, 0.5) is 0 Å². The Morgan fingerprint density at radius 2 is 2.00 bits per heavy atom. The van der Waals surface area contributed by atoms with Crippen molar-refractivity contribution in [1.29, 1.82) is 0 Å². The minimum absolute atomic E-state index is 0.131. The van der Waals surface area contributed by atoms with E-state index in [1.54, 1.807) is 0 Å². The number of rotatable bonds is 3. The van der Waals surface area contributed by atoms with Gasteiger partial charge in [0.05, 0.1) is 15.2 Å². The molecule has 0 amide bonds. The van der Waals surface area contributed by atoms with E-state index in [4.69, 9.17) is 11.6 Å². The van der Waals surface area contributed by atoms with Gasteiger partial charge >= 0.3 is 0 Å². The van der Waals surface area contributed by atoms with Gasteiger partial charge in [0.1, 0.15) is 6.29 Å². The Hall–Kier alpha value is -0.870. The molecule has 5 heteroatoms. The zero-order valence-corrected chi connectivity index (χ0v) is 9.38. The fourth-order valence-electron chi connectivity index (χ4n) is 1.38. The molecule has 3 nitrogen and oxygen atoms in total. The molecule has 0 unspecified atom stereocenters. The lowest BCUT2D eigenvalue weighted by molar-refractivity contribution is 0.112. The number of carbonyl (C=O) groups excluding carboxylic acids is 1. The molecule has 0 aromatic heterocycles. The number of hydrogen-bond acceptors (Lipinski definition) is 3. The van der Waals surface area contributed by atoms with Crippen LogP contribution in [0.2, 0.25) is 5.02 Å². The van der Waals surface area contributed by atoms with Crippen LogP contribution in [0.3, 0.4) is 0 Å². The third-order valence-electron chi connectivity index (χ3n) is 2.36. The van der Waals surface area contributed by atoms with Crippen molar-refractivity contribution in [3.63, 3.8) is 0 Å². The summed E-state index contributed by atoms with van der Waals surface area (Å²) in [6, 6.07) is 4.25. The Kier molecular flexibility index (Phi) is 2.56. The summed E-state index contributed by atoms with van der Waals surface area (Å²) in [4.78, 5) is 10.6. The number of sulfone groups is 1. The van der Waals surface area contributed by atoms with Gasteiger partial charge in [-0.15, -0.1) is 0 Å². The summed E-state index contributed by atoms with van der Waals surface area (Å²) in [6.45, 7) is 0. The van der Waals surface area contributed by atoms with Gasteiger partial charge in [-0.2, -0.15) is 0 Å². The summed E-state index contributed by atoms with van der Waals surface area (Å²) in [5, 5.41) is -0.149. The van der Waals surface area contributed by atoms with E-state index < -0.39 is 9.84 Å². The van der Waals surface area contributed by atoms with Crippen molar-refractivity contribution in [2.75, 3.05) is 0 Å². The first-order valence-corrected chi connectivity index (χ1v) is 6.47. The van der Waals surface area contributed by atoms with Gasteiger partial charge in [-0.1, -0.05) is 17.7 Å². The second-order valence-corrected chi connectivity index (χ2v) is 6.16. The average molecular weight is 245 g/mol. The molecule has 2 rings (SSSR count). The summed E-state index contributed by atoms with van der Waals surface area (Å²) in [5.74, 6) is 0. The number of hydrogen-bond donors (Lipinski definition) is 0. The molecule has 1 aliphatic carbocycles. The van der Waals surface area contributed by atoms with Crippen molar-refractivity contribution in [2.45, 2.75) is 23.0 Å². The molecule has 15 heavy (non-hydrogen) atoms. The summed E-state index contributed by atoms with van der Waals surface area (Å²) in [5.41, 5.74) is 0.384. The Morgan fingerprint density at radius 1 is 1.33 bits per heavy atom. The third kappa shape index (κ3) is 1.92. The summed E-state index contributed by atoms with van der Waals surface area (Å²) < 4.78 is 23.7. The Labute approximate surface area is 93.0 Å². The van der Waals surface area contributed by atoms with Crippen molar-refractivity contribution in [1.82, 2.24) is 0 Å². The predicted octanol–water partition coefficient (Wildman–Crippen LogP) is 2.09. The minimum atomic E-state index is -3.27. The molecule has 0 N–H and O–H groups in total. The largest absolute Gasteiger partial charge is 0.298 e. The van der Waals surface area contributed by atoms with Crippen molar-refractivity contribution in [3.05, 3.63) is 28.8 Å². The maximum atomic E-state index is 11.8. The minimum Gasteiger partial charge on any atom is -0.298 e. The lowest BCUT2D eigenvalue weighted by Gasteiger charge is -2.05. The highest BCUT2D eigenvalue weighted by atomic mass is 35.5. The second-order valence-electron chi connectivity index (χ2n) is 3.55. The van der Waals surface area contributed by atoms with Crippen molar-refractivity contribution >= 4 is 27.7 Å². The first-order valence-electron chi connectivity index (χ1n) is 4.54. The van der Waals surface area contributed by atoms with E-state index in [1.165, 1.54) is 18.2 Å². The quantitative estimate of drug-likeness (QED) is 0.765. The van der Waals surface area contributed by atoms with Crippen LogP contribution >= 0.6 is 11.6 Å². The standard InChI is InChI=1S/C10H9ClO3S/c11-9-5-7(6-12)1-4-10(9)15(13,14)8-2-3-8/h1,4-6,8H,2-3H2. The van der Waals surface area contributed by atoms with E-state index in [9.17, 15) is 13.2 Å². The smallest absolute Gasteiger partial charge is 0.182 e. The van der Waals surface area contributed by atoms with Crippen molar-refractivity contribution in [3.8, 4) is 0 Å². The monoisotopic (exact) mass is 244 g/mol. The van der Waals surface area contributed by atoms with Crippen LogP contribution in [0, 0.1) is 0 Å². The SMILES string of the molecule is O=Cc1ccc(S(=O)(=O)C2CC2)c(Cl)c1. The maximum absolute atomic E-state index is 11.8. The van der Waals surface area contributed by atoms with E-state index in [0.29, 0.717) is 24.7 Å². The van der Waals surface area contributed by atoms with Gasteiger partial charge in [-0.05, 0) is 25.0 Å². The van der Waals surface area contributed by atoms with E-state index in [0.717, 1.165) is 0 Å². The molecule has 1 aromatic rings. The number of carbonyl (C=O) groups is 1. The molecule has 0 spiro atoms.